The number of anilines is 1. The lowest BCUT2D eigenvalue weighted by Gasteiger charge is -2.05. The molecule has 2 nitrogen and oxygen atoms in total. The van der Waals surface area contributed by atoms with Crippen molar-refractivity contribution in [2.24, 2.45) is 0 Å². The van der Waals surface area contributed by atoms with E-state index in [2.05, 4.69) is 34.3 Å². The monoisotopic (exact) mass is 214 g/mol. The van der Waals surface area contributed by atoms with Gasteiger partial charge in [0.15, 0.2) is 0 Å². The van der Waals surface area contributed by atoms with Gasteiger partial charge in [0.25, 0.3) is 0 Å². The summed E-state index contributed by atoms with van der Waals surface area (Å²) in [7, 11) is 0. The molecule has 3 heteroatoms. The molecule has 0 amide bonds. The first-order valence-electron chi connectivity index (χ1n) is 4.89. The Balaban J connectivity index is 2.18. The van der Waals surface area contributed by atoms with Crippen molar-refractivity contribution in [3.05, 3.63) is 53.9 Å². The van der Waals surface area contributed by atoms with Crippen LogP contribution in [0, 0.1) is 0 Å². The quantitative estimate of drug-likeness (QED) is 0.679. The summed E-state index contributed by atoms with van der Waals surface area (Å²) < 4.78 is 2.17. The minimum Gasteiger partial charge on any atom is -0.345 e. The predicted octanol–water partition coefficient (Wildman–Crippen LogP) is 2.64. The van der Waals surface area contributed by atoms with Gasteiger partial charge in [0.05, 0.1) is 5.69 Å². The van der Waals surface area contributed by atoms with Crippen LogP contribution < -0.4 is 5.32 Å². The zero-order chi connectivity index (χ0) is 10.3. The lowest BCUT2D eigenvalue weighted by molar-refractivity contribution is 0.806. The predicted molar refractivity (Wildman–Crippen MR) is 65.3 cm³/mol. The van der Waals surface area contributed by atoms with Crippen molar-refractivity contribution in [2.75, 3.05) is 5.32 Å². The normalized spacial score (nSPS) is 13.7. The Morgan fingerprint density at radius 1 is 1.13 bits per heavy atom. The average molecular weight is 214 g/mol. The lowest BCUT2D eigenvalue weighted by Crippen LogP contribution is -2.11. The number of para-hydroxylation sites is 1. The van der Waals surface area contributed by atoms with E-state index in [-0.39, 0.29) is 0 Å². The van der Waals surface area contributed by atoms with Gasteiger partial charge in [-0.05, 0) is 23.8 Å². The first kappa shape index (κ1) is 8.68. The van der Waals surface area contributed by atoms with E-state index in [9.17, 15) is 0 Å². The van der Waals surface area contributed by atoms with Crippen LogP contribution >= 0.6 is 12.2 Å². The van der Waals surface area contributed by atoms with E-state index in [0.717, 1.165) is 22.9 Å². The summed E-state index contributed by atoms with van der Waals surface area (Å²) in [5.74, 6) is 0. The van der Waals surface area contributed by atoms with Gasteiger partial charge in [-0.25, -0.2) is 0 Å². The van der Waals surface area contributed by atoms with Gasteiger partial charge in [0.1, 0.15) is 4.99 Å². The summed E-state index contributed by atoms with van der Waals surface area (Å²) in [4.78, 5) is 0.796. The smallest absolute Gasteiger partial charge is 0.127 e. The van der Waals surface area contributed by atoms with Crippen LogP contribution in [-0.4, -0.2) is 9.56 Å². The molecule has 1 N–H and O–H groups in total. The third-order valence-corrected chi connectivity index (χ3v) is 2.98. The highest BCUT2D eigenvalue weighted by Crippen LogP contribution is 2.22. The highest BCUT2D eigenvalue weighted by molar-refractivity contribution is 7.81. The van der Waals surface area contributed by atoms with Crippen molar-refractivity contribution >= 4 is 22.9 Å². The second kappa shape index (κ2) is 3.21. The van der Waals surface area contributed by atoms with E-state index >= 15 is 0 Å². The number of nitrogens with zero attached hydrogens (tertiary/aromatic N) is 1. The summed E-state index contributed by atoms with van der Waals surface area (Å²) in [6, 6.07) is 12.3. The van der Waals surface area contributed by atoms with E-state index < -0.39 is 0 Å². The topological polar surface area (TPSA) is 17.0 Å². The molecule has 3 rings (SSSR count). The Morgan fingerprint density at radius 3 is 2.93 bits per heavy atom. The van der Waals surface area contributed by atoms with Gasteiger partial charge in [0, 0.05) is 18.4 Å². The highest BCUT2D eigenvalue weighted by Gasteiger charge is 2.14. The highest BCUT2D eigenvalue weighted by atomic mass is 32.1. The Bertz CT molecular complexity index is 528. The summed E-state index contributed by atoms with van der Waals surface area (Å²) in [6.45, 7) is 0.881. The van der Waals surface area contributed by atoms with Crippen LogP contribution in [0.25, 0.3) is 0 Å². The maximum absolute atomic E-state index is 5.35. The van der Waals surface area contributed by atoms with Crippen molar-refractivity contribution in [1.82, 2.24) is 4.57 Å². The van der Waals surface area contributed by atoms with Crippen molar-refractivity contribution in [3.8, 4) is 0 Å². The Kier molecular flexibility index (Phi) is 1.86. The van der Waals surface area contributed by atoms with Gasteiger partial charge in [-0.1, -0.05) is 30.4 Å². The number of aromatic nitrogens is 1. The van der Waals surface area contributed by atoms with Crippen molar-refractivity contribution in [1.29, 1.82) is 0 Å². The van der Waals surface area contributed by atoms with Crippen LogP contribution in [0.4, 0.5) is 5.69 Å². The summed E-state index contributed by atoms with van der Waals surface area (Å²) >= 11 is 5.35. The van der Waals surface area contributed by atoms with E-state index in [1.54, 1.807) is 0 Å². The molecule has 2 heterocycles. The zero-order valence-electron chi connectivity index (χ0n) is 8.10. The fourth-order valence-corrected chi connectivity index (χ4v) is 2.20. The van der Waals surface area contributed by atoms with Gasteiger partial charge in [-0.2, -0.15) is 0 Å². The summed E-state index contributed by atoms with van der Waals surface area (Å²) in [5.41, 5.74) is 3.47. The van der Waals surface area contributed by atoms with Crippen molar-refractivity contribution in [2.45, 2.75) is 6.54 Å². The molecule has 1 aromatic carbocycles. The number of nitrogens with one attached hydrogen (secondary N) is 1. The molecular formula is C12H10N2S. The first-order valence-corrected chi connectivity index (χ1v) is 5.30. The van der Waals surface area contributed by atoms with E-state index in [0.29, 0.717) is 0 Å². The second-order valence-corrected chi connectivity index (χ2v) is 4.04. The number of benzene rings is 1. The van der Waals surface area contributed by atoms with E-state index in [4.69, 9.17) is 12.2 Å². The Labute approximate surface area is 93.5 Å². The largest absolute Gasteiger partial charge is 0.345 e. The van der Waals surface area contributed by atoms with Gasteiger partial charge in [0.2, 0.25) is 0 Å². The number of thiocarbonyl (C=S) groups is 1. The van der Waals surface area contributed by atoms with Crippen LogP contribution in [-0.2, 0) is 6.54 Å². The number of hydrogen-bond acceptors (Lipinski definition) is 1. The molecular weight excluding hydrogens is 204 g/mol. The van der Waals surface area contributed by atoms with Gasteiger partial charge < -0.3 is 9.88 Å². The summed E-state index contributed by atoms with van der Waals surface area (Å²) in [6.07, 6.45) is 2.06. The van der Waals surface area contributed by atoms with E-state index in [1.807, 2.05) is 18.2 Å². The molecule has 0 radical (unpaired) electrons. The summed E-state index contributed by atoms with van der Waals surface area (Å²) in [5, 5.41) is 3.28. The minimum absolute atomic E-state index is 0.796. The maximum atomic E-state index is 5.35. The molecule has 74 valence electrons. The number of rotatable bonds is 0. The molecule has 0 spiro atoms. The molecule has 0 bridgehead atoms. The van der Waals surface area contributed by atoms with Crippen molar-refractivity contribution < 1.29 is 0 Å². The second-order valence-electron chi connectivity index (χ2n) is 3.63. The first-order chi connectivity index (χ1) is 7.34. The Hall–Kier alpha value is -1.61. The maximum Gasteiger partial charge on any atom is 0.127 e. The van der Waals surface area contributed by atoms with Crippen LogP contribution in [0.2, 0.25) is 0 Å². The van der Waals surface area contributed by atoms with Gasteiger partial charge >= 0.3 is 0 Å². The van der Waals surface area contributed by atoms with Gasteiger partial charge in [-0.15, -0.1) is 0 Å². The lowest BCUT2D eigenvalue weighted by atomic mass is 10.2. The van der Waals surface area contributed by atoms with Crippen LogP contribution in [0.1, 0.15) is 11.3 Å². The van der Waals surface area contributed by atoms with Crippen LogP contribution in [0.3, 0.4) is 0 Å². The molecule has 0 atom stereocenters. The number of fused-ring (bicyclic) bond motifs is 2. The minimum atomic E-state index is 0.796. The van der Waals surface area contributed by atoms with Crippen molar-refractivity contribution in [3.63, 3.8) is 0 Å². The third kappa shape index (κ3) is 1.36. The molecule has 1 aliphatic rings. The molecule has 0 saturated heterocycles. The third-order valence-electron chi connectivity index (χ3n) is 2.67. The SMILES string of the molecule is S=C1Nc2ccccc2Cn2cccc21. The van der Waals surface area contributed by atoms with Gasteiger partial charge in [-0.3, -0.25) is 0 Å². The van der Waals surface area contributed by atoms with Crippen LogP contribution in [0.5, 0.6) is 0 Å². The standard InChI is InChI=1S/C12H10N2S/c15-12-11-6-3-7-14(11)8-9-4-1-2-5-10(9)13-12/h1-7H,8H2,(H,13,15). The van der Waals surface area contributed by atoms with Crippen LogP contribution in [0.15, 0.2) is 42.6 Å². The molecule has 15 heavy (non-hydrogen) atoms. The molecule has 1 aliphatic heterocycles. The molecule has 0 unspecified atom stereocenters. The molecule has 0 saturated carbocycles. The Morgan fingerprint density at radius 2 is 2.00 bits per heavy atom. The zero-order valence-corrected chi connectivity index (χ0v) is 8.92. The number of hydrogen-bond donors (Lipinski definition) is 1. The fourth-order valence-electron chi connectivity index (χ4n) is 1.91. The fraction of sp³-hybridized carbons (Fsp3) is 0.0833. The van der Waals surface area contributed by atoms with E-state index in [1.165, 1.54) is 5.56 Å². The molecule has 0 fully saturated rings. The molecule has 1 aromatic heterocycles. The molecule has 2 aromatic rings. The average Bonchev–Trinajstić information content (AvgIpc) is 2.64. The molecule has 0 aliphatic carbocycles.